The Kier molecular flexibility index (Phi) is 4.63. The first-order valence-corrected chi connectivity index (χ1v) is 7.12. The van der Waals surface area contributed by atoms with Crippen molar-refractivity contribution < 1.29 is 4.39 Å². The van der Waals surface area contributed by atoms with Crippen molar-refractivity contribution in [3.05, 3.63) is 34.6 Å². The zero-order valence-electron chi connectivity index (χ0n) is 10.8. The standard InChI is InChI=1S/C15H21ClFN/c1-10-5-6-12(9-18)13(7-10)8-11-3-2-4-14(16)15(11)17/h2-4,10,12-13H,5-9,18H2,1H3. The van der Waals surface area contributed by atoms with Gasteiger partial charge in [-0.15, -0.1) is 0 Å². The predicted molar refractivity (Wildman–Crippen MR) is 74.2 cm³/mol. The largest absolute Gasteiger partial charge is 0.330 e. The molecule has 0 saturated heterocycles. The normalized spacial score (nSPS) is 28.3. The molecule has 0 heterocycles. The van der Waals surface area contributed by atoms with E-state index in [4.69, 9.17) is 17.3 Å². The molecular formula is C15H21ClFN. The fourth-order valence-corrected chi connectivity index (χ4v) is 3.30. The fraction of sp³-hybridized carbons (Fsp3) is 0.600. The van der Waals surface area contributed by atoms with E-state index in [0.717, 1.165) is 24.3 Å². The molecule has 0 amide bonds. The molecule has 0 aliphatic heterocycles. The SMILES string of the molecule is CC1CCC(CN)C(Cc2cccc(Cl)c2F)C1. The Hall–Kier alpha value is -0.600. The lowest BCUT2D eigenvalue weighted by atomic mass is 9.72. The second kappa shape index (κ2) is 6.03. The van der Waals surface area contributed by atoms with Gasteiger partial charge in [-0.3, -0.25) is 0 Å². The van der Waals surface area contributed by atoms with Crippen molar-refractivity contribution in [2.24, 2.45) is 23.5 Å². The van der Waals surface area contributed by atoms with Crippen LogP contribution in [-0.2, 0) is 6.42 Å². The number of nitrogens with two attached hydrogens (primary N) is 1. The topological polar surface area (TPSA) is 26.0 Å². The molecule has 3 heteroatoms. The number of hydrogen-bond acceptors (Lipinski definition) is 1. The first-order valence-electron chi connectivity index (χ1n) is 6.74. The number of hydrogen-bond donors (Lipinski definition) is 1. The molecule has 100 valence electrons. The maximum Gasteiger partial charge on any atom is 0.144 e. The van der Waals surface area contributed by atoms with Crippen molar-refractivity contribution in [3.8, 4) is 0 Å². The van der Waals surface area contributed by atoms with Crippen LogP contribution in [0.25, 0.3) is 0 Å². The van der Waals surface area contributed by atoms with Crippen molar-refractivity contribution in [3.63, 3.8) is 0 Å². The Morgan fingerprint density at radius 3 is 2.83 bits per heavy atom. The third kappa shape index (κ3) is 3.04. The van der Waals surface area contributed by atoms with Crippen molar-refractivity contribution >= 4 is 11.6 Å². The van der Waals surface area contributed by atoms with Crippen LogP contribution in [0.1, 0.15) is 31.7 Å². The van der Waals surface area contributed by atoms with E-state index in [1.807, 2.05) is 12.1 Å². The van der Waals surface area contributed by atoms with Crippen molar-refractivity contribution in [1.82, 2.24) is 0 Å². The van der Waals surface area contributed by atoms with E-state index in [2.05, 4.69) is 6.92 Å². The van der Waals surface area contributed by atoms with Crippen LogP contribution in [0.4, 0.5) is 4.39 Å². The second-order valence-electron chi connectivity index (χ2n) is 5.59. The average Bonchev–Trinajstić information content (AvgIpc) is 2.35. The van der Waals surface area contributed by atoms with Crippen LogP contribution in [0, 0.1) is 23.6 Å². The van der Waals surface area contributed by atoms with Crippen LogP contribution in [0.3, 0.4) is 0 Å². The molecule has 0 spiro atoms. The average molecular weight is 270 g/mol. The van der Waals surface area contributed by atoms with E-state index in [-0.39, 0.29) is 10.8 Å². The summed E-state index contributed by atoms with van der Waals surface area (Å²) in [5.74, 6) is 1.49. The smallest absolute Gasteiger partial charge is 0.144 e. The summed E-state index contributed by atoms with van der Waals surface area (Å²) in [5.41, 5.74) is 6.58. The molecule has 2 N–H and O–H groups in total. The summed E-state index contributed by atoms with van der Waals surface area (Å²) in [6.45, 7) is 2.98. The van der Waals surface area contributed by atoms with Gasteiger partial charge in [0.15, 0.2) is 0 Å². The van der Waals surface area contributed by atoms with Crippen molar-refractivity contribution in [2.45, 2.75) is 32.6 Å². The van der Waals surface area contributed by atoms with E-state index >= 15 is 0 Å². The van der Waals surface area contributed by atoms with Gasteiger partial charge in [-0.05, 0) is 55.2 Å². The van der Waals surface area contributed by atoms with E-state index in [0.29, 0.717) is 18.4 Å². The third-order valence-corrected chi connectivity index (χ3v) is 4.51. The first-order chi connectivity index (χ1) is 8.61. The summed E-state index contributed by atoms with van der Waals surface area (Å²) in [6, 6.07) is 5.27. The molecular weight excluding hydrogens is 249 g/mol. The zero-order chi connectivity index (χ0) is 13.1. The number of benzene rings is 1. The number of halogens is 2. The Balaban J connectivity index is 2.13. The molecule has 3 unspecified atom stereocenters. The van der Waals surface area contributed by atoms with Gasteiger partial charge in [-0.2, -0.15) is 0 Å². The Labute approximate surface area is 114 Å². The molecule has 1 aliphatic carbocycles. The molecule has 1 aliphatic rings. The summed E-state index contributed by atoms with van der Waals surface area (Å²) < 4.78 is 13.9. The molecule has 0 aromatic heterocycles. The molecule has 3 atom stereocenters. The number of rotatable bonds is 3. The Morgan fingerprint density at radius 2 is 2.11 bits per heavy atom. The third-order valence-electron chi connectivity index (χ3n) is 4.22. The first kappa shape index (κ1) is 13.8. The van der Waals surface area contributed by atoms with Crippen molar-refractivity contribution in [2.75, 3.05) is 6.54 Å². The van der Waals surface area contributed by atoms with Crippen LogP contribution < -0.4 is 5.73 Å². The lowest BCUT2D eigenvalue weighted by molar-refractivity contribution is 0.192. The highest BCUT2D eigenvalue weighted by Gasteiger charge is 2.28. The van der Waals surface area contributed by atoms with Gasteiger partial charge in [0.1, 0.15) is 5.82 Å². The minimum absolute atomic E-state index is 0.223. The van der Waals surface area contributed by atoms with Crippen LogP contribution >= 0.6 is 11.6 Å². The predicted octanol–water partition coefficient (Wildman–Crippen LogP) is 4.03. The van der Waals surface area contributed by atoms with Crippen LogP contribution in [0.15, 0.2) is 18.2 Å². The lowest BCUT2D eigenvalue weighted by Gasteiger charge is -2.34. The quantitative estimate of drug-likeness (QED) is 0.881. The van der Waals surface area contributed by atoms with E-state index in [1.54, 1.807) is 6.07 Å². The van der Waals surface area contributed by atoms with Gasteiger partial charge in [-0.25, -0.2) is 4.39 Å². The van der Waals surface area contributed by atoms with Gasteiger partial charge in [-0.1, -0.05) is 37.1 Å². The Bertz CT molecular complexity index is 407. The monoisotopic (exact) mass is 269 g/mol. The lowest BCUT2D eigenvalue weighted by Crippen LogP contribution is -2.31. The highest BCUT2D eigenvalue weighted by Crippen LogP contribution is 2.36. The minimum Gasteiger partial charge on any atom is -0.330 e. The van der Waals surface area contributed by atoms with Gasteiger partial charge in [0.2, 0.25) is 0 Å². The van der Waals surface area contributed by atoms with Crippen molar-refractivity contribution in [1.29, 1.82) is 0 Å². The van der Waals surface area contributed by atoms with Gasteiger partial charge in [0.05, 0.1) is 5.02 Å². The van der Waals surface area contributed by atoms with Gasteiger partial charge in [0, 0.05) is 0 Å². The highest BCUT2D eigenvalue weighted by atomic mass is 35.5. The fourth-order valence-electron chi connectivity index (χ4n) is 3.11. The van der Waals surface area contributed by atoms with E-state index in [9.17, 15) is 4.39 Å². The second-order valence-corrected chi connectivity index (χ2v) is 6.00. The summed E-state index contributed by atoms with van der Waals surface area (Å²) in [7, 11) is 0. The zero-order valence-corrected chi connectivity index (χ0v) is 11.6. The maximum absolute atomic E-state index is 13.9. The molecule has 1 nitrogen and oxygen atoms in total. The highest BCUT2D eigenvalue weighted by molar-refractivity contribution is 6.30. The molecule has 1 saturated carbocycles. The molecule has 1 aromatic carbocycles. The molecule has 0 bridgehead atoms. The molecule has 1 aromatic rings. The molecule has 0 radical (unpaired) electrons. The van der Waals surface area contributed by atoms with Gasteiger partial charge >= 0.3 is 0 Å². The van der Waals surface area contributed by atoms with Crippen LogP contribution in [0.5, 0.6) is 0 Å². The van der Waals surface area contributed by atoms with E-state index in [1.165, 1.54) is 12.8 Å². The summed E-state index contributed by atoms with van der Waals surface area (Å²) in [4.78, 5) is 0. The Morgan fingerprint density at radius 1 is 1.33 bits per heavy atom. The van der Waals surface area contributed by atoms with Gasteiger partial charge in [0.25, 0.3) is 0 Å². The van der Waals surface area contributed by atoms with Crippen LogP contribution in [0.2, 0.25) is 5.02 Å². The minimum atomic E-state index is -0.256. The van der Waals surface area contributed by atoms with E-state index < -0.39 is 0 Å². The molecule has 18 heavy (non-hydrogen) atoms. The summed E-state index contributed by atoms with van der Waals surface area (Å²) in [6.07, 6.45) is 4.33. The summed E-state index contributed by atoms with van der Waals surface area (Å²) in [5, 5.41) is 0.223. The van der Waals surface area contributed by atoms with Crippen LogP contribution in [-0.4, -0.2) is 6.54 Å². The van der Waals surface area contributed by atoms with Gasteiger partial charge < -0.3 is 5.73 Å². The molecule has 2 rings (SSSR count). The summed E-state index contributed by atoms with van der Waals surface area (Å²) >= 11 is 5.83. The maximum atomic E-state index is 13.9. The molecule has 1 fully saturated rings.